The van der Waals surface area contributed by atoms with Crippen molar-refractivity contribution in [3.63, 3.8) is 0 Å². The summed E-state index contributed by atoms with van der Waals surface area (Å²) < 4.78 is 1.80. The quantitative estimate of drug-likeness (QED) is 0.725. The average molecular weight is 307 g/mol. The number of aryl methyl sites for hydroxylation is 1. The van der Waals surface area contributed by atoms with Gasteiger partial charge in [0.05, 0.1) is 12.2 Å². The van der Waals surface area contributed by atoms with Gasteiger partial charge in [-0.15, -0.1) is 5.10 Å². The Kier molecular flexibility index (Phi) is 4.37. The van der Waals surface area contributed by atoms with Crippen molar-refractivity contribution in [2.75, 3.05) is 4.90 Å². The first-order valence-corrected chi connectivity index (χ1v) is 7.82. The lowest BCUT2D eigenvalue weighted by atomic mass is 10.1. The third-order valence-corrected chi connectivity index (χ3v) is 3.89. The predicted molar refractivity (Wildman–Crippen MR) is 91.7 cm³/mol. The van der Waals surface area contributed by atoms with E-state index in [0.29, 0.717) is 12.6 Å². The minimum absolute atomic E-state index is 0.344. The molecule has 5 nitrogen and oxygen atoms in total. The lowest BCUT2D eigenvalue weighted by molar-refractivity contribution is 0.645. The van der Waals surface area contributed by atoms with Crippen molar-refractivity contribution < 1.29 is 0 Å². The molecule has 0 aliphatic rings. The van der Waals surface area contributed by atoms with Gasteiger partial charge < -0.3 is 4.90 Å². The van der Waals surface area contributed by atoms with Crippen molar-refractivity contribution >= 4 is 5.69 Å². The summed E-state index contributed by atoms with van der Waals surface area (Å²) in [5.41, 5.74) is 3.44. The Morgan fingerprint density at radius 2 is 1.70 bits per heavy atom. The molecule has 5 heteroatoms. The molecule has 0 unspecified atom stereocenters. The first kappa shape index (κ1) is 15.2. The molecule has 0 aliphatic heterocycles. The molecule has 118 valence electrons. The summed E-state index contributed by atoms with van der Waals surface area (Å²) in [5.74, 6) is 0.827. The minimum atomic E-state index is 0.344. The van der Waals surface area contributed by atoms with Gasteiger partial charge in [-0.3, -0.25) is 0 Å². The fourth-order valence-electron chi connectivity index (χ4n) is 2.66. The van der Waals surface area contributed by atoms with Crippen LogP contribution in [0, 0.1) is 6.92 Å². The molecule has 3 aromatic rings. The Morgan fingerprint density at radius 3 is 2.39 bits per heavy atom. The van der Waals surface area contributed by atoms with E-state index in [1.54, 1.807) is 4.68 Å². The monoisotopic (exact) mass is 307 g/mol. The number of tetrazole rings is 1. The predicted octanol–water partition coefficient (Wildman–Crippen LogP) is 3.39. The summed E-state index contributed by atoms with van der Waals surface area (Å²) in [5, 5.41) is 12.2. The van der Waals surface area contributed by atoms with Gasteiger partial charge in [-0.05, 0) is 55.0 Å². The fourth-order valence-corrected chi connectivity index (χ4v) is 2.66. The van der Waals surface area contributed by atoms with Crippen LogP contribution in [-0.2, 0) is 6.54 Å². The van der Waals surface area contributed by atoms with E-state index in [0.717, 1.165) is 11.5 Å². The van der Waals surface area contributed by atoms with Crippen LogP contribution in [0.3, 0.4) is 0 Å². The number of benzene rings is 2. The lowest BCUT2D eigenvalue weighted by Crippen LogP contribution is -2.32. The molecule has 1 heterocycles. The Balaban J connectivity index is 1.94. The number of para-hydroxylation sites is 2. The number of nitrogens with zero attached hydrogens (tertiary/aromatic N) is 5. The number of hydrogen-bond donors (Lipinski definition) is 0. The second kappa shape index (κ2) is 6.60. The smallest absolute Gasteiger partial charge is 0.175 e. The van der Waals surface area contributed by atoms with Crippen LogP contribution in [-0.4, -0.2) is 26.2 Å². The van der Waals surface area contributed by atoms with E-state index in [-0.39, 0.29) is 0 Å². The highest BCUT2D eigenvalue weighted by atomic mass is 15.5. The summed E-state index contributed by atoms with van der Waals surface area (Å²) >= 11 is 0. The molecule has 0 fully saturated rings. The number of anilines is 1. The summed E-state index contributed by atoms with van der Waals surface area (Å²) in [7, 11) is 0. The van der Waals surface area contributed by atoms with Gasteiger partial charge in [0, 0.05) is 11.7 Å². The topological polar surface area (TPSA) is 46.8 Å². The van der Waals surface area contributed by atoms with Crippen LogP contribution in [0.2, 0.25) is 0 Å². The third kappa shape index (κ3) is 3.23. The average Bonchev–Trinajstić information content (AvgIpc) is 3.02. The molecule has 0 saturated heterocycles. The molecule has 0 aliphatic carbocycles. The van der Waals surface area contributed by atoms with Gasteiger partial charge in [0.1, 0.15) is 0 Å². The standard InChI is InChI=1S/C18H21N5/c1-14(2)22(17-12-8-7-9-15(17)3)13-18-19-20-21-23(18)16-10-5-4-6-11-16/h4-12,14H,13H2,1-3H3. The number of hydrogen-bond acceptors (Lipinski definition) is 4. The van der Waals surface area contributed by atoms with E-state index in [2.05, 4.69) is 65.5 Å². The maximum atomic E-state index is 4.23. The first-order chi connectivity index (χ1) is 11.2. The summed E-state index contributed by atoms with van der Waals surface area (Å²) in [6, 6.07) is 18.7. The Hall–Kier alpha value is -2.69. The van der Waals surface area contributed by atoms with Gasteiger partial charge in [0.15, 0.2) is 5.82 Å². The van der Waals surface area contributed by atoms with Crippen LogP contribution in [0.1, 0.15) is 25.2 Å². The molecule has 0 saturated carbocycles. The van der Waals surface area contributed by atoms with Crippen molar-refractivity contribution in [1.29, 1.82) is 0 Å². The maximum absolute atomic E-state index is 4.23. The van der Waals surface area contributed by atoms with Gasteiger partial charge >= 0.3 is 0 Å². The van der Waals surface area contributed by atoms with Gasteiger partial charge in [-0.1, -0.05) is 36.4 Å². The summed E-state index contributed by atoms with van der Waals surface area (Å²) in [6.45, 7) is 7.15. The molecule has 0 atom stereocenters. The summed E-state index contributed by atoms with van der Waals surface area (Å²) in [6.07, 6.45) is 0. The fraction of sp³-hybridized carbons (Fsp3) is 0.278. The normalized spacial score (nSPS) is 11.0. The molecule has 0 amide bonds. The van der Waals surface area contributed by atoms with Crippen LogP contribution in [0.5, 0.6) is 0 Å². The van der Waals surface area contributed by atoms with E-state index in [9.17, 15) is 0 Å². The van der Waals surface area contributed by atoms with Gasteiger partial charge in [0.25, 0.3) is 0 Å². The molecular formula is C18H21N5. The summed E-state index contributed by atoms with van der Waals surface area (Å²) in [4.78, 5) is 2.32. The van der Waals surface area contributed by atoms with Gasteiger partial charge in [-0.2, -0.15) is 4.68 Å². The Bertz CT molecular complexity index is 764. The molecule has 0 bridgehead atoms. The van der Waals surface area contributed by atoms with Crippen LogP contribution < -0.4 is 4.90 Å². The van der Waals surface area contributed by atoms with Crippen LogP contribution in [0.25, 0.3) is 5.69 Å². The van der Waals surface area contributed by atoms with Gasteiger partial charge in [0.2, 0.25) is 0 Å². The minimum Gasteiger partial charge on any atom is -0.361 e. The highest BCUT2D eigenvalue weighted by molar-refractivity contribution is 5.53. The molecule has 2 aromatic carbocycles. The van der Waals surface area contributed by atoms with E-state index in [1.165, 1.54) is 11.3 Å². The SMILES string of the molecule is Cc1ccccc1N(Cc1nnnn1-c1ccccc1)C(C)C. The van der Waals surface area contributed by atoms with E-state index < -0.39 is 0 Å². The lowest BCUT2D eigenvalue weighted by Gasteiger charge is -2.29. The number of rotatable bonds is 5. The Labute approximate surface area is 136 Å². The van der Waals surface area contributed by atoms with Crippen LogP contribution in [0.15, 0.2) is 54.6 Å². The van der Waals surface area contributed by atoms with E-state index >= 15 is 0 Å². The molecule has 23 heavy (non-hydrogen) atoms. The van der Waals surface area contributed by atoms with Crippen molar-refractivity contribution in [2.45, 2.75) is 33.4 Å². The molecule has 3 rings (SSSR count). The van der Waals surface area contributed by atoms with Crippen LogP contribution >= 0.6 is 0 Å². The van der Waals surface area contributed by atoms with E-state index in [4.69, 9.17) is 0 Å². The Morgan fingerprint density at radius 1 is 1.00 bits per heavy atom. The second-order valence-electron chi connectivity index (χ2n) is 5.85. The first-order valence-electron chi connectivity index (χ1n) is 7.82. The zero-order valence-corrected chi connectivity index (χ0v) is 13.7. The zero-order valence-electron chi connectivity index (χ0n) is 13.7. The molecule has 0 radical (unpaired) electrons. The molecular weight excluding hydrogens is 286 g/mol. The second-order valence-corrected chi connectivity index (χ2v) is 5.85. The highest BCUT2D eigenvalue weighted by Gasteiger charge is 2.17. The van der Waals surface area contributed by atoms with E-state index in [1.807, 2.05) is 30.3 Å². The number of aromatic nitrogens is 4. The molecule has 0 spiro atoms. The molecule has 0 N–H and O–H groups in total. The van der Waals surface area contributed by atoms with Crippen molar-refractivity contribution in [2.24, 2.45) is 0 Å². The van der Waals surface area contributed by atoms with Crippen molar-refractivity contribution in [1.82, 2.24) is 20.2 Å². The van der Waals surface area contributed by atoms with Gasteiger partial charge in [-0.25, -0.2) is 0 Å². The zero-order chi connectivity index (χ0) is 16.2. The molecule has 1 aromatic heterocycles. The van der Waals surface area contributed by atoms with Crippen molar-refractivity contribution in [3.05, 3.63) is 66.0 Å². The maximum Gasteiger partial charge on any atom is 0.175 e. The van der Waals surface area contributed by atoms with Crippen molar-refractivity contribution in [3.8, 4) is 5.69 Å². The third-order valence-electron chi connectivity index (χ3n) is 3.89. The largest absolute Gasteiger partial charge is 0.361 e. The van der Waals surface area contributed by atoms with Crippen LogP contribution in [0.4, 0.5) is 5.69 Å². The highest BCUT2D eigenvalue weighted by Crippen LogP contribution is 2.23.